The second-order valence-electron chi connectivity index (χ2n) is 7.25. The highest BCUT2D eigenvalue weighted by Gasteiger charge is 2.27. The minimum Gasteiger partial charge on any atom is -0.493 e. The summed E-state index contributed by atoms with van der Waals surface area (Å²) in [6.45, 7) is 7.89. The van der Waals surface area contributed by atoms with E-state index in [1.807, 2.05) is 18.2 Å². The number of carbonyl (C=O) groups is 1. The number of nitrogens with one attached hydrogen (secondary N) is 2. The van der Waals surface area contributed by atoms with Gasteiger partial charge in [-0.05, 0) is 44.0 Å². The first kappa shape index (κ1) is 21.6. The van der Waals surface area contributed by atoms with Gasteiger partial charge in [0.1, 0.15) is 0 Å². The molecule has 2 N–H and O–H groups in total. The summed E-state index contributed by atoms with van der Waals surface area (Å²) in [6.07, 6.45) is 1.82. The van der Waals surface area contributed by atoms with Gasteiger partial charge in [-0.2, -0.15) is 0 Å². The molecule has 1 aromatic carbocycles. The van der Waals surface area contributed by atoms with Crippen molar-refractivity contribution < 1.29 is 14.3 Å². The summed E-state index contributed by atoms with van der Waals surface area (Å²) in [4.78, 5) is 12.5. The summed E-state index contributed by atoms with van der Waals surface area (Å²) in [7, 11) is 3.26. The summed E-state index contributed by atoms with van der Waals surface area (Å²) in [5, 5.41) is 6.52. The first-order valence-corrected chi connectivity index (χ1v) is 8.61. The third-order valence-corrected chi connectivity index (χ3v) is 4.86. The predicted octanol–water partition coefficient (Wildman–Crippen LogP) is 2.91. The molecule has 25 heavy (non-hydrogen) atoms. The molecule has 1 aliphatic rings. The maximum atomic E-state index is 12.5. The Hall–Kier alpha value is -1.46. The molecule has 0 bridgehead atoms. The van der Waals surface area contributed by atoms with Crippen LogP contribution in [0.4, 0.5) is 0 Å². The fraction of sp³-hybridized carbons (Fsp3) is 0.632. The van der Waals surface area contributed by atoms with Crippen LogP contribution in [0.1, 0.15) is 39.2 Å². The Morgan fingerprint density at radius 2 is 1.96 bits per heavy atom. The van der Waals surface area contributed by atoms with E-state index in [1.54, 1.807) is 14.2 Å². The molecule has 6 heteroatoms. The van der Waals surface area contributed by atoms with E-state index >= 15 is 0 Å². The number of hydrogen-bond donors (Lipinski definition) is 2. The Bertz CT molecular complexity index is 578. The number of carbonyl (C=O) groups excluding carboxylic acids is 1. The molecular weight excluding hydrogens is 340 g/mol. The maximum Gasteiger partial charge on any atom is 0.223 e. The molecule has 1 heterocycles. The molecule has 1 aliphatic heterocycles. The Morgan fingerprint density at radius 1 is 1.28 bits per heavy atom. The van der Waals surface area contributed by atoms with Crippen LogP contribution in [0, 0.1) is 5.92 Å². The summed E-state index contributed by atoms with van der Waals surface area (Å²) in [6, 6.07) is 6.33. The fourth-order valence-electron chi connectivity index (χ4n) is 3.18. The number of halogens is 1. The van der Waals surface area contributed by atoms with Gasteiger partial charge in [0.05, 0.1) is 14.2 Å². The summed E-state index contributed by atoms with van der Waals surface area (Å²) in [5.74, 6) is 1.70. The molecule has 142 valence electrons. The minimum atomic E-state index is -0.187. The van der Waals surface area contributed by atoms with Crippen LogP contribution < -0.4 is 20.1 Å². The highest BCUT2D eigenvalue weighted by Crippen LogP contribution is 2.33. The highest BCUT2D eigenvalue weighted by atomic mass is 35.5. The summed E-state index contributed by atoms with van der Waals surface area (Å²) >= 11 is 0. The van der Waals surface area contributed by atoms with Gasteiger partial charge in [0.25, 0.3) is 0 Å². The fourth-order valence-corrected chi connectivity index (χ4v) is 3.18. The van der Waals surface area contributed by atoms with Crippen molar-refractivity contribution in [2.45, 2.75) is 45.1 Å². The first-order chi connectivity index (χ1) is 11.4. The van der Waals surface area contributed by atoms with Gasteiger partial charge in [-0.15, -0.1) is 12.4 Å². The third kappa shape index (κ3) is 5.51. The second-order valence-corrected chi connectivity index (χ2v) is 7.25. The largest absolute Gasteiger partial charge is 0.493 e. The summed E-state index contributed by atoms with van der Waals surface area (Å²) in [5.41, 5.74) is 0.924. The van der Waals surface area contributed by atoms with Crippen molar-refractivity contribution in [2.24, 2.45) is 5.92 Å². The van der Waals surface area contributed by atoms with Gasteiger partial charge >= 0.3 is 0 Å². The van der Waals surface area contributed by atoms with E-state index in [4.69, 9.17) is 9.47 Å². The van der Waals surface area contributed by atoms with Crippen LogP contribution in [0.2, 0.25) is 0 Å². The molecule has 0 saturated carbocycles. The minimum absolute atomic E-state index is 0. The van der Waals surface area contributed by atoms with Gasteiger partial charge in [0.15, 0.2) is 11.5 Å². The van der Waals surface area contributed by atoms with E-state index in [2.05, 4.69) is 31.4 Å². The van der Waals surface area contributed by atoms with E-state index in [1.165, 1.54) is 0 Å². The number of amides is 1. The van der Waals surface area contributed by atoms with Crippen molar-refractivity contribution in [2.75, 3.05) is 27.3 Å². The molecule has 2 atom stereocenters. The average molecular weight is 371 g/mol. The second kappa shape index (κ2) is 9.30. The van der Waals surface area contributed by atoms with Gasteiger partial charge in [0, 0.05) is 23.9 Å². The smallest absolute Gasteiger partial charge is 0.223 e. The van der Waals surface area contributed by atoms with Crippen molar-refractivity contribution in [1.29, 1.82) is 0 Å². The molecule has 0 aromatic heterocycles. The van der Waals surface area contributed by atoms with Crippen LogP contribution >= 0.6 is 12.4 Å². The van der Waals surface area contributed by atoms with Crippen molar-refractivity contribution >= 4 is 18.3 Å². The number of piperidine rings is 1. The molecule has 0 unspecified atom stereocenters. The zero-order valence-electron chi connectivity index (χ0n) is 15.8. The van der Waals surface area contributed by atoms with Crippen LogP contribution in [0.3, 0.4) is 0 Å². The molecule has 1 aromatic rings. The van der Waals surface area contributed by atoms with Gasteiger partial charge in [-0.1, -0.05) is 19.9 Å². The monoisotopic (exact) mass is 370 g/mol. The first-order valence-electron chi connectivity index (χ1n) is 8.61. The molecule has 1 amide bonds. The average Bonchev–Trinajstić information content (AvgIpc) is 2.59. The number of rotatable bonds is 6. The zero-order valence-corrected chi connectivity index (χ0v) is 16.7. The van der Waals surface area contributed by atoms with Crippen LogP contribution in [0.25, 0.3) is 0 Å². The lowest BCUT2D eigenvalue weighted by molar-refractivity contribution is -0.126. The number of hydrogen-bond acceptors (Lipinski definition) is 4. The lowest BCUT2D eigenvalue weighted by Crippen LogP contribution is -2.45. The Kier molecular flexibility index (Phi) is 8.03. The van der Waals surface area contributed by atoms with Crippen LogP contribution in [-0.4, -0.2) is 39.3 Å². The normalized spacial score (nSPS) is 20.4. The molecule has 0 spiro atoms. The SMILES string of the molecule is COc1ccc(C(C)(C)CNC(=O)[C@H]2CCN[C@@H](C)C2)cc1OC.Cl. The number of ether oxygens (including phenoxy) is 2. The number of benzene rings is 1. The van der Waals surface area contributed by atoms with Crippen molar-refractivity contribution in [3.8, 4) is 11.5 Å². The maximum absolute atomic E-state index is 12.5. The molecule has 0 radical (unpaired) electrons. The van der Waals surface area contributed by atoms with Crippen LogP contribution in [0.15, 0.2) is 18.2 Å². The Labute approximate surface area is 157 Å². The van der Waals surface area contributed by atoms with Crippen molar-refractivity contribution in [3.05, 3.63) is 23.8 Å². The zero-order chi connectivity index (χ0) is 17.7. The Balaban J connectivity index is 0.00000312. The summed E-state index contributed by atoms with van der Waals surface area (Å²) < 4.78 is 10.7. The quantitative estimate of drug-likeness (QED) is 0.808. The number of methoxy groups -OCH3 is 2. The van der Waals surface area contributed by atoms with Crippen LogP contribution in [0.5, 0.6) is 11.5 Å². The van der Waals surface area contributed by atoms with E-state index < -0.39 is 0 Å². The van der Waals surface area contributed by atoms with Crippen LogP contribution in [-0.2, 0) is 10.2 Å². The molecule has 5 nitrogen and oxygen atoms in total. The van der Waals surface area contributed by atoms with Gasteiger partial charge in [0.2, 0.25) is 5.91 Å². The standard InChI is InChI=1S/C19H30N2O3.ClH/c1-13-10-14(8-9-20-13)18(22)21-12-19(2,3)15-6-7-16(23-4)17(11-15)24-5;/h6-7,11,13-14,20H,8-10,12H2,1-5H3,(H,21,22);1H/t13-,14-;/m0./s1. The molecular formula is C19H31ClN2O3. The molecule has 1 fully saturated rings. The highest BCUT2D eigenvalue weighted by molar-refractivity contribution is 5.85. The van der Waals surface area contributed by atoms with Crippen molar-refractivity contribution in [3.63, 3.8) is 0 Å². The van der Waals surface area contributed by atoms with E-state index in [9.17, 15) is 4.79 Å². The lowest BCUT2D eigenvalue weighted by Gasteiger charge is -2.30. The third-order valence-electron chi connectivity index (χ3n) is 4.86. The van der Waals surface area contributed by atoms with Gasteiger partial charge in [-0.3, -0.25) is 4.79 Å². The van der Waals surface area contributed by atoms with E-state index in [0.717, 1.165) is 24.9 Å². The molecule has 1 saturated heterocycles. The predicted molar refractivity (Wildman–Crippen MR) is 103 cm³/mol. The lowest BCUT2D eigenvalue weighted by atomic mass is 9.84. The van der Waals surface area contributed by atoms with E-state index in [0.29, 0.717) is 24.1 Å². The van der Waals surface area contributed by atoms with Crippen molar-refractivity contribution in [1.82, 2.24) is 10.6 Å². The van der Waals surface area contributed by atoms with E-state index in [-0.39, 0.29) is 29.6 Å². The Morgan fingerprint density at radius 3 is 2.56 bits per heavy atom. The molecule has 0 aliphatic carbocycles. The van der Waals surface area contributed by atoms with Gasteiger partial charge in [-0.25, -0.2) is 0 Å². The topological polar surface area (TPSA) is 59.6 Å². The van der Waals surface area contributed by atoms with Gasteiger partial charge < -0.3 is 20.1 Å². The molecule has 2 rings (SSSR count).